The van der Waals surface area contributed by atoms with Gasteiger partial charge in [-0.1, -0.05) is 37.6 Å². The number of amides is 1. The molecular formula is C35H37NO8. The second kappa shape index (κ2) is 9.51. The van der Waals surface area contributed by atoms with Crippen LogP contribution in [0.3, 0.4) is 0 Å². The molecule has 1 aromatic heterocycles. The lowest BCUT2D eigenvalue weighted by Gasteiger charge is -2.59. The van der Waals surface area contributed by atoms with Gasteiger partial charge in [-0.15, -0.1) is 0 Å². The Kier molecular flexibility index (Phi) is 6.22. The van der Waals surface area contributed by atoms with Crippen LogP contribution in [-0.4, -0.2) is 56.1 Å². The number of allylic oxidation sites excluding steroid dienone is 2. The molecule has 0 bridgehead atoms. The minimum Gasteiger partial charge on any atom is -0.469 e. The summed E-state index contributed by atoms with van der Waals surface area (Å²) in [4.78, 5) is 52.4. The molecule has 2 aliphatic heterocycles. The van der Waals surface area contributed by atoms with Gasteiger partial charge in [-0.25, -0.2) is 0 Å². The van der Waals surface area contributed by atoms with Crippen molar-refractivity contribution < 1.29 is 37.8 Å². The van der Waals surface area contributed by atoms with E-state index >= 15 is 0 Å². The second-order valence-electron chi connectivity index (χ2n) is 13.5. The van der Waals surface area contributed by atoms with Crippen molar-refractivity contribution in [3.63, 3.8) is 0 Å². The zero-order chi connectivity index (χ0) is 31.3. The molecule has 1 saturated carbocycles. The Balaban J connectivity index is 1.34. The van der Waals surface area contributed by atoms with Gasteiger partial charge < -0.3 is 23.9 Å². The summed E-state index contributed by atoms with van der Waals surface area (Å²) in [5, 5.41) is 2.64. The number of hydrogen-bond donors (Lipinski definition) is 1. The number of carbonyl (C=O) groups excluding carboxylic acids is 4. The number of furan rings is 1. The Morgan fingerprint density at radius 3 is 2.48 bits per heavy atom. The Labute approximate surface area is 256 Å². The van der Waals surface area contributed by atoms with E-state index < -0.39 is 46.3 Å². The van der Waals surface area contributed by atoms with Gasteiger partial charge in [-0.3, -0.25) is 19.2 Å². The van der Waals surface area contributed by atoms with Crippen molar-refractivity contribution in [1.82, 2.24) is 5.32 Å². The highest BCUT2D eigenvalue weighted by molar-refractivity contribution is 6.00. The molecule has 9 atom stereocenters. The average Bonchev–Trinajstić information content (AvgIpc) is 3.75. The van der Waals surface area contributed by atoms with Crippen LogP contribution in [0, 0.1) is 28.1 Å². The van der Waals surface area contributed by atoms with Gasteiger partial charge >= 0.3 is 11.9 Å². The summed E-state index contributed by atoms with van der Waals surface area (Å²) >= 11 is 0. The molecule has 1 N–H and O–H groups in total. The van der Waals surface area contributed by atoms with Crippen molar-refractivity contribution in [2.45, 2.75) is 64.8 Å². The maximum atomic E-state index is 13.9. The molecule has 44 heavy (non-hydrogen) atoms. The van der Waals surface area contributed by atoms with Crippen LogP contribution >= 0.6 is 0 Å². The van der Waals surface area contributed by atoms with E-state index in [2.05, 4.69) is 19.2 Å². The maximum absolute atomic E-state index is 13.9. The van der Waals surface area contributed by atoms with Crippen molar-refractivity contribution in [3.8, 4) is 11.3 Å². The van der Waals surface area contributed by atoms with Crippen molar-refractivity contribution in [2.75, 3.05) is 14.2 Å². The first kappa shape index (κ1) is 28.8. The number of hydrogen-bond acceptors (Lipinski definition) is 8. The summed E-state index contributed by atoms with van der Waals surface area (Å²) in [5.41, 5.74) is 1.75. The molecule has 0 spiro atoms. The third-order valence-electron chi connectivity index (χ3n) is 11.7. The Morgan fingerprint density at radius 1 is 1.07 bits per heavy atom. The fourth-order valence-corrected chi connectivity index (χ4v) is 9.65. The second-order valence-corrected chi connectivity index (χ2v) is 13.5. The van der Waals surface area contributed by atoms with Crippen LogP contribution in [-0.2, 0) is 28.6 Å². The first-order valence-corrected chi connectivity index (χ1v) is 15.2. The first-order chi connectivity index (χ1) is 20.9. The van der Waals surface area contributed by atoms with Crippen molar-refractivity contribution in [2.24, 2.45) is 28.1 Å². The van der Waals surface area contributed by atoms with E-state index in [1.807, 2.05) is 32.0 Å². The van der Waals surface area contributed by atoms with Crippen molar-refractivity contribution in [3.05, 3.63) is 71.0 Å². The first-order valence-electron chi connectivity index (χ1n) is 15.2. The van der Waals surface area contributed by atoms with Gasteiger partial charge in [0.15, 0.2) is 5.78 Å². The number of ketones is 1. The summed E-state index contributed by atoms with van der Waals surface area (Å²) in [6.07, 6.45) is 4.09. The van der Waals surface area contributed by atoms with Gasteiger partial charge in [-0.05, 0) is 56.0 Å². The summed E-state index contributed by atoms with van der Waals surface area (Å²) in [6.45, 7) is 7.91. The normalized spacial score (nSPS) is 38.2. The van der Waals surface area contributed by atoms with E-state index in [9.17, 15) is 19.2 Å². The SMILES string of the molecule is CNC(=O)c1ccc(-c2occc2[C@@H]2C[C@H]3O[C@@H]4[C@@H]5OC(=O)[C@]6(C)C=CC(=O)[C@](C)([C@@H](CC(=O)OC)[C@]4(C)C3=C2C)[C@@H]56)cc1. The molecular weight excluding hydrogens is 562 g/mol. The van der Waals surface area contributed by atoms with Crippen LogP contribution in [0.4, 0.5) is 0 Å². The lowest BCUT2D eigenvalue weighted by molar-refractivity contribution is -0.190. The van der Waals surface area contributed by atoms with Crippen LogP contribution in [0.1, 0.15) is 62.4 Å². The lowest BCUT2D eigenvalue weighted by atomic mass is 9.42. The summed E-state index contributed by atoms with van der Waals surface area (Å²) in [7, 11) is 2.96. The van der Waals surface area contributed by atoms with Crippen LogP contribution < -0.4 is 5.32 Å². The Hall–Kier alpha value is -3.98. The smallest absolute Gasteiger partial charge is 0.316 e. The van der Waals surface area contributed by atoms with Gasteiger partial charge in [0.1, 0.15) is 18.0 Å². The summed E-state index contributed by atoms with van der Waals surface area (Å²) < 4.78 is 24.2. The largest absolute Gasteiger partial charge is 0.469 e. The number of nitrogens with one attached hydrogen (secondary N) is 1. The summed E-state index contributed by atoms with van der Waals surface area (Å²) in [5.74, 6) is -1.32. The van der Waals surface area contributed by atoms with Crippen molar-refractivity contribution in [1.29, 1.82) is 0 Å². The van der Waals surface area contributed by atoms with Crippen LogP contribution in [0.5, 0.6) is 0 Å². The van der Waals surface area contributed by atoms with E-state index in [0.717, 1.165) is 28.0 Å². The lowest BCUT2D eigenvalue weighted by Crippen LogP contribution is -2.66. The quantitative estimate of drug-likeness (QED) is 0.386. The molecule has 9 nitrogen and oxygen atoms in total. The molecule has 0 unspecified atom stereocenters. The maximum Gasteiger partial charge on any atom is 0.316 e. The number of methoxy groups -OCH3 is 1. The Bertz CT molecular complexity index is 1670. The Morgan fingerprint density at radius 2 is 1.80 bits per heavy atom. The van der Waals surface area contributed by atoms with Gasteiger partial charge in [0, 0.05) is 46.4 Å². The molecule has 9 heteroatoms. The predicted octanol–water partition coefficient (Wildman–Crippen LogP) is 4.77. The molecule has 2 aromatic rings. The van der Waals surface area contributed by atoms with Crippen molar-refractivity contribution >= 4 is 23.6 Å². The molecule has 230 valence electrons. The highest BCUT2D eigenvalue weighted by atomic mass is 16.6. The molecule has 3 aliphatic carbocycles. The van der Waals surface area contributed by atoms with Crippen LogP contribution in [0.25, 0.3) is 11.3 Å². The monoisotopic (exact) mass is 599 g/mol. The summed E-state index contributed by atoms with van der Waals surface area (Å²) in [6, 6.07) is 9.27. The number of rotatable bonds is 5. The van der Waals surface area contributed by atoms with E-state index in [1.165, 1.54) is 13.2 Å². The fraction of sp³-hybridized carbons (Fsp3) is 0.486. The average molecular weight is 600 g/mol. The van der Waals surface area contributed by atoms with Gasteiger partial charge in [0.05, 0.1) is 31.3 Å². The molecule has 0 radical (unpaired) electrons. The molecule has 1 amide bonds. The van der Waals surface area contributed by atoms with Gasteiger partial charge in [0.25, 0.3) is 5.91 Å². The number of ether oxygens (including phenoxy) is 3. The predicted molar refractivity (Wildman–Crippen MR) is 158 cm³/mol. The third-order valence-corrected chi connectivity index (χ3v) is 11.7. The fourth-order valence-electron chi connectivity index (χ4n) is 9.65. The van der Waals surface area contributed by atoms with E-state index in [0.29, 0.717) is 12.0 Å². The molecule has 7 rings (SSSR count). The topological polar surface area (TPSA) is 121 Å². The van der Waals surface area contributed by atoms with E-state index in [4.69, 9.17) is 18.6 Å². The molecule has 3 heterocycles. The number of carbonyl (C=O) groups is 4. The van der Waals surface area contributed by atoms with Crippen LogP contribution in [0.2, 0.25) is 0 Å². The van der Waals surface area contributed by atoms with Crippen LogP contribution in [0.15, 0.2) is 64.3 Å². The molecule has 2 saturated heterocycles. The molecule has 3 fully saturated rings. The molecule has 5 aliphatic rings. The third kappa shape index (κ3) is 3.50. The van der Waals surface area contributed by atoms with E-state index in [-0.39, 0.29) is 36.1 Å². The highest BCUT2D eigenvalue weighted by Gasteiger charge is 2.77. The van der Waals surface area contributed by atoms with Gasteiger partial charge in [-0.2, -0.15) is 0 Å². The zero-order valence-corrected chi connectivity index (χ0v) is 25.8. The standard InChI is InChI=1S/C35H37NO8/c1-17-21(20-12-14-42-27(20)18-7-9-19(10-8-18)31(39)36-5)15-22-26(17)35(4)23(16-25(38)41-6)34(3)24(37)11-13-33(2)29(34)28(30(35)43-22)44-32(33)40/h7-14,21-23,28-30H,15-16H2,1-6H3,(H,36,39)/t21-,22-,23-,28-,29+,30-,33-,34+,35-/m1/s1. The number of fused-ring (bicyclic) bond motifs is 4. The number of benzene rings is 1. The molecule has 1 aromatic carbocycles. The zero-order valence-electron chi connectivity index (χ0n) is 25.8. The van der Waals surface area contributed by atoms with Gasteiger partial charge in [0.2, 0.25) is 0 Å². The minimum atomic E-state index is -1.06. The minimum absolute atomic E-state index is 0.0131. The van der Waals surface area contributed by atoms with E-state index in [1.54, 1.807) is 31.5 Å². The highest BCUT2D eigenvalue weighted by Crippen LogP contribution is 2.72. The number of esters is 2.